The molecule has 0 unspecified atom stereocenters. The van der Waals surface area contributed by atoms with E-state index in [9.17, 15) is 22.7 Å². The van der Waals surface area contributed by atoms with Crippen LogP contribution in [0.3, 0.4) is 0 Å². The standard InChI is InChI=1S/C27H28F3N5O5S/c1-35(2)10-4-9-31-26(37)25-18-7-6-17(23(30)24(18)33-34-25)21-19(28)8-5-16(22(21)29)14-41(38,39)20-11-15(13-36)12-32-27(20)40-3/h5-8,11-12,36H,4,9-10,13-14H2,1-3H3,(H,31,37)(H,33,34). The lowest BCUT2D eigenvalue weighted by Gasteiger charge is -2.13. The number of aliphatic hydroxyl groups excluding tert-OH is 1. The molecule has 41 heavy (non-hydrogen) atoms. The second kappa shape index (κ2) is 12.2. The number of hydrogen-bond acceptors (Lipinski definition) is 8. The molecule has 0 bridgehead atoms. The second-order valence-electron chi connectivity index (χ2n) is 9.50. The van der Waals surface area contributed by atoms with Crippen molar-refractivity contribution in [3.8, 4) is 17.0 Å². The molecule has 0 fully saturated rings. The first-order valence-corrected chi connectivity index (χ1v) is 14.1. The second-order valence-corrected chi connectivity index (χ2v) is 11.5. The van der Waals surface area contributed by atoms with Crippen LogP contribution >= 0.6 is 0 Å². The summed E-state index contributed by atoms with van der Waals surface area (Å²) >= 11 is 0. The van der Waals surface area contributed by atoms with Crippen molar-refractivity contribution < 1.29 is 36.2 Å². The number of hydrogen-bond donors (Lipinski definition) is 3. The van der Waals surface area contributed by atoms with Crippen molar-refractivity contribution in [3.05, 3.63) is 70.8 Å². The van der Waals surface area contributed by atoms with Gasteiger partial charge in [0.25, 0.3) is 5.91 Å². The Morgan fingerprint density at radius 2 is 1.90 bits per heavy atom. The highest BCUT2D eigenvalue weighted by molar-refractivity contribution is 7.90. The number of rotatable bonds is 11. The molecular weight excluding hydrogens is 563 g/mol. The Kier molecular flexibility index (Phi) is 8.95. The number of carbonyl (C=O) groups excluding carboxylic acids is 1. The highest BCUT2D eigenvalue weighted by atomic mass is 32.2. The molecule has 10 nitrogen and oxygen atoms in total. The van der Waals surface area contributed by atoms with E-state index in [1.165, 1.54) is 19.4 Å². The zero-order valence-electron chi connectivity index (χ0n) is 22.5. The molecule has 2 aromatic heterocycles. The number of aromatic amines is 1. The predicted octanol–water partition coefficient (Wildman–Crippen LogP) is 3.20. The van der Waals surface area contributed by atoms with Crippen LogP contribution in [0.25, 0.3) is 22.0 Å². The van der Waals surface area contributed by atoms with Crippen LogP contribution in [0.15, 0.2) is 41.4 Å². The third kappa shape index (κ3) is 6.19. The van der Waals surface area contributed by atoms with Crippen molar-refractivity contribution >= 4 is 26.6 Å². The van der Waals surface area contributed by atoms with Gasteiger partial charge in [0.15, 0.2) is 15.7 Å². The number of benzene rings is 2. The maximum Gasteiger partial charge on any atom is 0.269 e. The largest absolute Gasteiger partial charge is 0.480 e. The summed E-state index contributed by atoms with van der Waals surface area (Å²) in [5, 5.41) is 18.5. The highest BCUT2D eigenvalue weighted by Crippen LogP contribution is 2.35. The lowest BCUT2D eigenvalue weighted by Crippen LogP contribution is -2.27. The number of methoxy groups -OCH3 is 1. The molecule has 1 amide bonds. The van der Waals surface area contributed by atoms with E-state index in [0.717, 1.165) is 30.8 Å². The molecule has 0 aliphatic rings. The Hall–Kier alpha value is -4.01. The van der Waals surface area contributed by atoms with Gasteiger partial charge in [-0.2, -0.15) is 5.10 Å². The van der Waals surface area contributed by atoms with Crippen LogP contribution < -0.4 is 10.1 Å². The molecule has 0 atom stereocenters. The minimum atomic E-state index is -4.31. The van der Waals surface area contributed by atoms with Gasteiger partial charge in [-0.05, 0) is 50.8 Å². The minimum Gasteiger partial charge on any atom is -0.480 e. The number of carbonyl (C=O) groups is 1. The van der Waals surface area contributed by atoms with Crippen LogP contribution in [-0.2, 0) is 22.2 Å². The fourth-order valence-corrected chi connectivity index (χ4v) is 5.79. The smallest absolute Gasteiger partial charge is 0.269 e. The van der Waals surface area contributed by atoms with E-state index in [4.69, 9.17) is 4.74 Å². The van der Waals surface area contributed by atoms with Gasteiger partial charge in [0.2, 0.25) is 5.88 Å². The van der Waals surface area contributed by atoms with E-state index in [1.54, 1.807) is 0 Å². The van der Waals surface area contributed by atoms with E-state index < -0.39 is 67.1 Å². The molecule has 4 rings (SSSR count). The van der Waals surface area contributed by atoms with Gasteiger partial charge in [-0.1, -0.05) is 12.1 Å². The van der Waals surface area contributed by atoms with Crippen molar-refractivity contribution in [1.82, 2.24) is 25.4 Å². The number of nitrogens with one attached hydrogen (secondary N) is 2. The quantitative estimate of drug-likeness (QED) is 0.226. The number of aromatic nitrogens is 3. The van der Waals surface area contributed by atoms with Gasteiger partial charge in [-0.25, -0.2) is 26.6 Å². The fourth-order valence-electron chi connectivity index (χ4n) is 4.27. The SMILES string of the molecule is COc1ncc(CO)cc1S(=O)(=O)Cc1ccc(F)c(-c2ccc3c(C(=O)NCCCN(C)C)[nH]nc3c2F)c1F. The summed E-state index contributed by atoms with van der Waals surface area (Å²) in [6.07, 6.45) is 1.91. The monoisotopic (exact) mass is 591 g/mol. The summed E-state index contributed by atoms with van der Waals surface area (Å²) in [5.74, 6) is -5.21. The molecule has 0 aliphatic carbocycles. The van der Waals surface area contributed by atoms with Gasteiger partial charge in [-0.3, -0.25) is 9.89 Å². The topological polar surface area (TPSA) is 138 Å². The van der Waals surface area contributed by atoms with Gasteiger partial charge in [0.1, 0.15) is 27.7 Å². The highest BCUT2D eigenvalue weighted by Gasteiger charge is 2.27. The molecule has 0 aliphatic heterocycles. The van der Waals surface area contributed by atoms with Crippen LogP contribution in [0.5, 0.6) is 5.88 Å². The first-order valence-electron chi connectivity index (χ1n) is 12.4. The normalized spacial score (nSPS) is 11.8. The Labute approximate surface area is 234 Å². The number of sulfone groups is 1. The predicted molar refractivity (Wildman–Crippen MR) is 145 cm³/mol. The molecule has 0 radical (unpaired) electrons. The maximum atomic E-state index is 15.7. The molecule has 218 valence electrons. The van der Waals surface area contributed by atoms with Crippen LogP contribution in [0.2, 0.25) is 0 Å². The summed E-state index contributed by atoms with van der Waals surface area (Å²) in [7, 11) is 0.690. The Morgan fingerprint density at radius 3 is 2.59 bits per heavy atom. The lowest BCUT2D eigenvalue weighted by molar-refractivity contribution is 0.0949. The van der Waals surface area contributed by atoms with Crippen molar-refractivity contribution in [2.75, 3.05) is 34.3 Å². The first kappa shape index (κ1) is 30.0. The van der Waals surface area contributed by atoms with Crippen molar-refractivity contribution in [2.45, 2.75) is 23.7 Å². The average Bonchev–Trinajstić information content (AvgIpc) is 3.38. The maximum absolute atomic E-state index is 15.7. The number of amides is 1. The lowest BCUT2D eigenvalue weighted by atomic mass is 9.99. The third-order valence-corrected chi connectivity index (χ3v) is 7.99. The molecule has 0 saturated heterocycles. The molecular formula is C27H28F3N5O5S. The summed E-state index contributed by atoms with van der Waals surface area (Å²) in [6, 6.07) is 5.35. The number of H-pyrrole nitrogens is 1. The van der Waals surface area contributed by atoms with E-state index >= 15 is 8.78 Å². The average molecular weight is 592 g/mol. The molecule has 3 N–H and O–H groups in total. The number of halogens is 3. The first-order chi connectivity index (χ1) is 19.5. The summed E-state index contributed by atoms with van der Waals surface area (Å²) in [4.78, 5) is 18.0. The van der Waals surface area contributed by atoms with Crippen molar-refractivity contribution in [3.63, 3.8) is 0 Å². The molecule has 0 saturated carbocycles. The number of aliphatic hydroxyl groups is 1. The number of fused-ring (bicyclic) bond motifs is 1. The Balaban J connectivity index is 1.69. The molecule has 2 heterocycles. The van der Waals surface area contributed by atoms with E-state index in [0.29, 0.717) is 13.0 Å². The molecule has 0 spiro atoms. The van der Waals surface area contributed by atoms with Gasteiger partial charge < -0.3 is 20.1 Å². The molecule has 14 heteroatoms. The summed E-state index contributed by atoms with van der Waals surface area (Å²) < 4.78 is 77.6. The van der Waals surface area contributed by atoms with Gasteiger partial charge in [-0.15, -0.1) is 0 Å². The third-order valence-electron chi connectivity index (χ3n) is 6.33. The minimum absolute atomic E-state index is 0.0104. The van der Waals surface area contributed by atoms with Crippen LogP contribution in [0, 0.1) is 17.5 Å². The van der Waals surface area contributed by atoms with Gasteiger partial charge in [0, 0.05) is 29.3 Å². The number of pyridine rings is 1. The van der Waals surface area contributed by atoms with Crippen molar-refractivity contribution in [1.29, 1.82) is 0 Å². The Bertz CT molecular complexity index is 1710. The van der Waals surface area contributed by atoms with Crippen LogP contribution in [0.4, 0.5) is 13.2 Å². The summed E-state index contributed by atoms with van der Waals surface area (Å²) in [5.41, 5.74) is -1.86. The van der Waals surface area contributed by atoms with E-state index in [1.807, 2.05) is 19.0 Å². The number of nitrogens with zero attached hydrogens (tertiary/aromatic N) is 3. The molecule has 2 aromatic carbocycles. The summed E-state index contributed by atoms with van der Waals surface area (Å²) in [6.45, 7) is 0.624. The fraction of sp³-hybridized carbons (Fsp3) is 0.296. The van der Waals surface area contributed by atoms with E-state index in [-0.39, 0.29) is 28.0 Å². The van der Waals surface area contributed by atoms with Gasteiger partial charge in [0.05, 0.1) is 25.0 Å². The molecule has 4 aromatic rings. The zero-order chi connectivity index (χ0) is 29.9. The van der Waals surface area contributed by atoms with Crippen LogP contribution in [-0.4, -0.2) is 73.8 Å². The van der Waals surface area contributed by atoms with Crippen LogP contribution in [0.1, 0.15) is 28.0 Å². The Morgan fingerprint density at radius 1 is 1.15 bits per heavy atom. The van der Waals surface area contributed by atoms with Gasteiger partial charge >= 0.3 is 0 Å². The van der Waals surface area contributed by atoms with Crippen molar-refractivity contribution in [2.24, 2.45) is 0 Å². The number of ether oxygens (including phenoxy) is 1. The zero-order valence-corrected chi connectivity index (χ0v) is 23.3. The van der Waals surface area contributed by atoms with E-state index in [2.05, 4.69) is 20.5 Å².